The van der Waals surface area contributed by atoms with E-state index in [9.17, 15) is 9.18 Å². The lowest BCUT2D eigenvalue weighted by atomic mass is 10.1. The summed E-state index contributed by atoms with van der Waals surface area (Å²) >= 11 is 0. The molecular formula is C12H14FNO. The highest BCUT2D eigenvalue weighted by molar-refractivity contribution is 5.85. The van der Waals surface area contributed by atoms with Crippen molar-refractivity contribution in [3.8, 4) is 0 Å². The van der Waals surface area contributed by atoms with Crippen molar-refractivity contribution in [2.75, 3.05) is 18.0 Å². The van der Waals surface area contributed by atoms with Gasteiger partial charge in [-0.2, -0.15) is 0 Å². The van der Waals surface area contributed by atoms with Crippen molar-refractivity contribution in [2.24, 2.45) is 0 Å². The standard InChI is InChI=1S/C12H14FNO/c13-11-5-4-6-12(10(11)9-15)14-7-2-1-3-8-14/h4-6,9H,1-3,7-8H2. The van der Waals surface area contributed by atoms with Crippen LogP contribution in [-0.4, -0.2) is 19.4 Å². The fourth-order valence-corrected chi connectivity index (χ4v) is 2.05. The van der Waals surface area contributed by atoms with Gasteiger partial charge in [0.1, 0.15) is 5.82 Å². The molecule has 1 saturated heterocycles. The van der Waals surface area contributed by atoms with E-state index in [0.717, 1.165) is 31.6 Å². The minimum atomic E-state index is -0.423. The van der Waals surface area contributed by atoms with E-state index in [1.54, 1.807) is 6.07 Å². The number of piperidine rings is 1. The predicted octanol–water partition coefficient (Wildman–Crippen LogP) is 2.63. The molecule has 0 aliphatic carbocycles. The SMILES string of the molecule is O=Cc1c(F)cccc1N1CCCCC1. The van der Waals surface area contributed by atoms with Crippen molar-refractivity contribution in [3.05, 3.63) is 29.6 Å². The first-order chi connectivity index (χ1) is 7.33. The molecule has 1 fully saturated rings. The van der Waals surface area contributed by atoms with Crippen LogP contribution in [0.15, 0.2) is 18.2 Å². The summed E-state index contributed by atoms with van der Waals surface area (Å²) < 4.78 is 13.3. The number of hydrogen-bond acceptors (Lipinski definition) is 2. The summed E-state index contributed by atoms with van der Waals surface area (Å²) in [7, 11) is 0. The Balaban J connectivity index is 2.33. The molecule has 0 bridgehead atoms. The van der Waals surface area contributed by atoms with Crippen LogP contribution >= 0.6 is 0 Å². The zero-order chi connectivity index (χ0) is 10.7. The molecule has 0 atom stereocenters. The van der Waals surface area contributed by atoms with E-state index in [1.165, 1.54) is 12.5 Å². The lowest BCUT2D eigenvalue weighted by molar-refractivity contribution is 0.112. The Bertz CT molecular complexity index is 359. The van der Waals surface area contributed by atoms with Gasteiger partial charge in [0.15, 0.2) is 6.29 Å². The maximum atomic E-state index is 13.3. The van der Waals surface area contributed by atoms with Crippen molar-refractivity contribution in [2.45, 2.75) is 19.3 Å². The number of halogens is 1. The van der Waals surface area contributed by atoms with Crippen LogP contribution in [0.2, 0.25) is 0 Å². The molecule has 80 valence electrons. The third kappa shape index (κ3) is 2.01. The van der Waals surface area contributed by atoms with Crippen molar-refractivity contribution in [1.82, 2.24) is 0 Å². The number of anilines is 1. The summed E-state index contributed by atoms with van der Waals surface area (Å²) in [5.74, 6) is -0.423. The second-order valence-electron chi connectivity index (χ2n) is 3.84. The summed E-state index contributed by atoms with van der Waals surface area (Å²) in [4.78, 5) is 12.9. The summed E-state index contributed by atoms with van der Waals surface area (Å²) in [6.07, 6.45) is 4.07. The number of hydrogen-bond donors (Lipinski definition) is 0. The van der Waals surface area contributed by atoms with E-state index in [2.05, 4.69) is 4.90 Å². The Morgan fingerprint density at radius 2 is 1.93 bits per heavy atom. The molecule has 0 radical (unpaired) electrons. The minimum absolute atomic E-state index is 0.194. The Kier molecular flexibility index (Phi) is 2.99. The van der Waals surface area contributed by atoms with Gasteiger partial charge in [0, 0.05) is 13.1 Å². The molecule has 0 saturated carbocycles. The zero-order valence-electron chi connectivity index (χ0n) is 8.58. The molecule has 1 aromatic carbocycles. The van der Waals surface area contributed by atoms with Gasteiger partial charge >= 0.3 is 0 Å². The molecular weight excluding hydrogens is 193 g/mol. The van der Waals surface area contributed by atoms with E-state index in [4.69, 9.17) is 0 Å². The van der Waals surface area contributed by atoms with Crippen LogP contribution in [0.4, 0.5) is 10.1 Å². The molecule has 1 aliphatic rings. The lowest BCUT2D eigenvalue weighted by Crippen LogP contribution is -2.30. The van der Waals surface area contributed by atoms with Crippen LogP contribution in [0, 0.1) is 5.82 Å². The molecule has 1 aliphatic heterocycles. The minimum Gasteiger partial charge on any atom is -0.371 e. The molecule has 0 N–H and O–H groups in total. The maximum absolute atomic E-state index is 13.3. The van der Waals surface area contributed by atoms with Gasteiger partial charge in [0.25, 0.3) is 0 Å². The van der Waals surface area contributed by atoms with Gasteiger partial charge in [-0.25, -0.2) is 4.39 Å². The van der Waals surface area contributed by atoms with Crippen molar-refractivity contribution in [1.29, 1.82) is 0 Å². The van der Waals surface area contributed by atoms with Gasteiger partial charge in [0.2, 0.25) is 0 Å². The lowest BCUT2D eigenvalue weighted by Gasteiger charge is -2.29. The van der Waals surface area contributed by atoms with E-state index < -0.39 is 5.82 Å². The largest absolute Gasteiger partial charge is 0.371 e. The van der Waals surface area contributed by atoms with Crippen molar-refractivity contribution < 1.29 is 9.18 Å². The molecule has 1 aromatic rings. The number of aldehydes is 1. The summed E-state index contributed by atoms with van der Waals surface area (Å²) in [6.45, 7) is 1.84. The van der Waals surface area contributed by atoms with Gasteiger partial charge in [-0.05, 0) is 31.4 Å². The fraction of sp³-hybridized carbons (Fsp3) is 0.417. The number of carbonyl (C=O) groups is 1. The second-order valence-corrected chi connectivity index (χ2v) is 3.84. The Morgan fingerprint density at radius 3 is 2.60 bits per heavy atom. The Labute approximate surface area is 88.7 Å². The smallest absolute Gasteiger partial charge is 0.155 e. The molecule has 2 rings (SSSR count). The third-order valence-electron chi connectivity index (χ3n) is 2.84. The van der Waals surface area contributed by atoms with Gasteiger partial charge in [-0.1, -0.05) is 6.07 Å². The second kappa shape index (κ2) is 4.43. The van der Waals surface area contributed by atoms with Crippen molar-refractivity contribution in [3.63, 3.8) is 0 Å². The molecule has 0 amide bonds. The molecule has 1 heterocycles. The van der Waals surface area contributed by atoms with E-state index in [0.29, 0.717) is 6.29 Å². The first kappa shape index (κ1) is 10.1. The number of rotatable bonds is 2. The highest BCUT2D eigenvalue weighted by Gasteiger charge is 2.16. The van der Waals surface area contributed by atoms with Crippen LogP contribution in [0.1, 0.15) is 29.6 Å². The average molecular weight is 207 g/mol. The Morgan fingerprint density at radius 1 is 1.20 bits per heavy atom. The third-order valence-corrected chi connectivity index (χ3v) is 2.84. The number of carbonyl (C=O) groups excluding carboxylic acids is 1. The summed E-state index contributed by atoms with van der Waals surface area (Å²) in [6, 6.07) is 4.81. The average Bonchev–Trinajstić information content (AvgIpc) is 2.30. The van der Waals surface area contributed by atoms with E-state index in [-0.39, 0.29) is 5.56 Å². The summed E-state index contributed by atoms with van der Waals surface area (Å²) in [5.41, 5.74) is 0.934. The molecule has 15 heavy (non-hydrogen) atoms. The number of benzene rings is 1. The molecule has 3 heteroatoms. The predicted molar refractivity (Wildman–Crippen MR) is 57.9 cm³/mol. The molecule has 0 aromatic heterocycles. The van der Waals surface area contributed by atoms with Gasteiger partial charge in [-0.15, -0.1) is 0 Å². The molecule has 2 nitrogen and oxygen atoms in total. The first-order valence-corrected chi connectivity index (χ1v) is 5.31. The van der Waals surface area contributed by atoms with Crippen molar-refractivity contribution >= 4 is 12.0 Å². The Hall–Kier alpha value is -1.38. The molecule has 0 spiro atoms. The first-order valence-electron chi connectivity index (χ1n) is 5.31. The van der Waals surface area contributed by atoms with Crippen LogP contribution in [-0.2, 0) is 0 Å². The number of nitrogens with zero attached hydrogens (tertiary/aromatic N) is 1. The van der Waals surface area contributed by atoms with Gasteiger partial charge in [-0.3, -0.25) is 4.79 Å². The zero-order valence-corrected chi connectivity index (χ0v) is 8.58. The fourth-order valence-electron chi connectivity index (χ4n) is 2.05. The van der Waals surface area contributed by atoms with Crippen LogP contribution in [0.5, 0.6) is 0 Å². The van der Waals surface area contributed by atoms with E-state index in [1.807, 2.05) is 6.07 Å². The maximum Gasteiger partial charge on any atom is 0.155 e. The van der Waals surface area contributed by atoms with Gasteiger partial charge < -0.3 is 4.90 Å². The molecule has 0 unspecified atom stereocenters. The topological polar surface area (TPSA) is 20.3 Å². The normalized spacial score (nSPS) is 16.5. The highest BCUT2D eigenvalue weighted by Crippen LogP contribution is 2.24. The monoisotopic (exact) mass is 207 g/mol. The summed E-state index contributed by atoms with van der Waals surface area (Å²) in [5, 5.41) is 0. The van der Waals surface area contributed by atoms with Gasteiger partial charge in [0.05, 0.1) is 11.3 Å². The van der Waals surface area contributed by atoms with Crippen LogP contribution in [0.25, 0.3) is 0 Å². The van der Waals surface area contributed by atoms with E-state index >= 15 is 0 Å². The van der Waals surface area contributed by atoms with Crippen LogP contribution < -0.4 is 4.90 Å². The van der Waals surface area contributed by atoms with Crippen LogP contribution in [0.3, 0.4) is 0 Å². The quantitative estimate of drug-likeness (QED) is 0.695. The highest BCUT2D eigenvalue weighted by atomic mass is 19.1.